The molecule has 0 spiro atoms. The van der Waals surface area contributed by atoms with Crippen LogP contribution in [0, 0.1) is 29.2 Å². The fourth-order valence-corrected chi connectivity index (χ4v) is 6.34. The highest BCUT2D eigenvalue weighted by molar-refractivity contribution is 8.13. The molecule has 4 aliphatic rings. The average Bonchev–Trinajstić information content (AvgIpc) is 2.71. The Kier molecular flexibility index (Phi) is 6.73. The molecule has 0 aromatic heterocycles. The number of urea groups is 1. The summed E-state index contributed by atoms with van der Waals surface area (Å²) in [6.07, 6.45) is 11.5. The molecule has 5 rings (SSSR count). The first-order valence-corrected chi connectivity index (χ1v) is 12.3. The molecule has 31 heavy (non-hydrogen) atoms. The highest BCUT2D eigenvalue weighted by Gasteiger charge is 2.52. The average molecular weight is 442 g/mol. The van der Waals surface area contributed by atoms with Gasteiger partial charge in [0.25, 0.3) is 0 Å². The van der Waals surface area contributed by atoms with Crippen molar-refractivity contribution < 1.29 is 9.53 Å². The first-order chi connectivity index (χ1) is 15.0. The topological polar surface area (TPSA) is 98.5 Å². The lowest BCUT2D eigenvalue weighted by Gasteiger charge is -2.57. The molecule has 166 valence electrons. The Morgan fingerprint density at radius 2 is 1.97 bits per heavy atom. The third-order valence-electron chi connectivity index (χ3n) is 6.67. The monoisotopic (exact) mass is 441 g/mol. The molecule has 1 aromatic rings. The van der Waals surface area contributed by atoms with Crippen LogP contribution >= 0.6 is 11.8 Å². The zero-order valence-corrected chi connectivity index (χ0v) is 19.0. The Balaban J connectivity index is 1.27. The molecule has 1 unspecified atom stereocenters. The lowest BCUT2D eigenvalue weighted by Crippen LogP contribution is -2.54. The number of carbonyl (C=O) groups excluding carboxylic acids is 1. The summed E-state index contributed by atoms with van der Waals surface area (Å²) >= 11 is 1.35. The van der Waals surface area contributed by atoms with Gasteiger partial charge < -0.3 is 15.4 Å². The number of nitriles is 1. The van der Waals surface area contributed by atoms with Gasteiger partial charge in [0.2, 0.25) is 0 Å². The number of amides is 2. The second kappa shape index (κ2) is 9.49. The van der Waals surface area contributed by atoms with Gasteiger partial charge in [0.15, 0.2) is 11.4 Å². The largest absolute Gasteiger partial charge is 0.370 e. The van der Waals surface area contributed by atoms with E-state index in [1.807, 2.05) is 30.6 Å². The summed E-state index contributed by atoms with van der Waals surface area (Å²) in [5.41, 5.74) is 1.35. The summed E-state index contributed by atoms with van der Waals surface area (Å²) in [5, 5.41) is 17.6. The summed E-state index contributed by atoms with van der Waals surface area (Å²) in [5.74, 6) is 2.54. The quantitative estimate of drug-likeness (QED) is 0.259. The maximum Gasteiger partial charge on any atom is 0.319 e. The van der Waals surface area contributed by atoms with Gasteiger partial charge in [-0.15, -0.1) is 0 Å². The van der Waals surface area contributed by atoms with E-state index in [0.29, 0.717) is 23.1 Å². The molecule has 2 amide bonds. The zero-order chi connectivity index (χ0) is 21.8. The van der Waals surface area contributed by atoms with Crippen LogP contribution in [0.15, 0.2) is 29.3 Å². The number of carbonyl (C=O) groups is 1. The van der Waals surface area contributed by atoms with Crippen molar-refractivity contribution in [1.82, 2.24) is 10.6 Å². The van der Waals surface area contributed by atoms with Crippen molar-refractivity contribution in [3.05, 3.63) is 24.3 Å². The number of thioether (sulfide) groups is 1. The van der Waals surface area contributed by atoms with E-state index in [1.165, 1.54) is 50.3 Å². The molecule has 7 nitrogen and oxygen atoms in total. The van der Waals surface area contributed by atoms with E-state index < -0.39 is 0 Å². The normalized spacial score (nSPS) is 29.8. The van der Waals surface area contributed by atoms with Crippen molar-refractivity contribution in [1.29, 1.82) is 5.26 Å². The van der Waals surface area contributed by atoms with Gasteiger partial charge in [-0.05, 0) is 87.7 Å². The Morgan fingerprint density at radius 1 is 1.29 bits per heavy atom. The van der Waals surface area contributed by atoms with Gasteiger partial charge in [0, 0.05) is 12.2 Å². The minimum Gasteiger partial charge on any atom is -0.370 e. The lowest BCUT2D eigenvalue weighted by molar-refractivity contribution is -0.182. The number of hydrogen-bond donors (Lipinski definition) is 3. The van der Waals surface area contributed by atoms with E-state index in [9.17, 15) is 4.79 Å². The van der Waals surface area contributed by atoms with E-state index in [0.717, 1.165) is 17.8 Å². The summed E-state index contributed by atoms with van der Waals surface area (Å²) in [6.45, 7) is 2.54. The number of aliphatic imine (C=N–C) groups is 1. The number of amidine groups is 1. The Hall–Kier alpha value is -2.24. The predicted molar refractivity (Wildman–Crippen MR) is 124 cm³/mol. The van der Waals surface area contributed by atoms with E-state index in [-0.39, 0.29) is 17.7 Å². The Morgan fingerprint density at radius 3 is 2.58 bits per heavy atom. The molecule has 4 bridgehead atoms. The van der Waals surface area contributed by atoms with Crippen LogP contribution in [0.2, 0.25) is 0 Å². The standard InChI is InChI=1S/C23H31N5O2S/c1-15(30-23-10-16-6-17(11-23)8-18(7-16)12-23)13-25-21(29)27-19-4-3-5-20(9-19)28-22(31-2)26-14-24/h3-5,9,15-18H,6-8,10-13H2,1-2H3,(H,26,28)(H2,25,27,29). The van der Waals surface area contributed by atoms with Crippen molar-refractivity contribution in [2.24, 2.45) is 22.7 Å². The van der Waals surface area contributed by atoms with E-state index in [1.54, 1.807) is 6.07 Å². The number of nitrogens with zero attached hydrogens (tertiary/aromatic N) is 2. The molecule has 4 saturated carbocycles. The summed E-state index contributed by atoms with van der Waals surface area (Å²) < 4.78 is 6.55. The molecule has 0 saturated heterocycles. The van der Waals surface area contributed by atoms with Crippen LogP contribution in [0.5, 0.6) is 0 Å². The smallest absolute Gasteiger partial charge is 0.319 e. The summed E-state index contributed by atoms with van der Waals surface area (Å²) in [4.78, 5) is 16.8. The first kappa shape index (κ1) is 22.0. The number of benzene rings is 1. The van der Waals surface area contributed by atoms with Gasteiger partial charge in [-0.3, -0.25) is 5.32 Å². The Labute approximate surface area is 188 Å². The molecule has 4 fully saturated rings. The molecule has 0 aliphatic heterocycles. The second-order valence-corrected chi connectivity index (χ2v) is 10.1. The predicted octanol–water partition coefficient (Wildman–Crippen LogP) is 4.60. The first-order valence-electron chi connectivity index (χ1n) is 11.1. The number of rotatable bonds is 6. The highest BCUT2D eigenvalue weighted by atomic mass is 32.2. The second-order valence-electron chi connectivity index (χ2n) is 9.27. The van der Waals surface area contributed by atoms with Crippen LogP contribution in [-0.2, 0) is 4.74 Å². The molecule has 0 heterocycles. The van der Waals surface area contributed by atoms with E-state index in [4.69, 9.17) is 10.00 Å². The minimum absolute atomic E-state index is 0.0147. The number of anilines is 1. The molecule has 1 atom stereocenters. The van der Waals surface area contributed by atoms with Crippen molar-refractivity contribution in [3.8, 4) is 6.19 Å². The highest BCUT2D eigenvalue weighted by Crippen LogP contribution is 2.57. The molecule has 8 heteroatoms. The molecular formula is C23H31N5O2S. The maximum atomic E-state index is 12.4. The van der Waals surface area contributed by atoms with Crippen LogP contribution in [-0.4, -0.2) is 35.7 Å². The molecule has 4 aliphatic carbocycles. The van der Waals surface area contributed by atoms with Crippen molar-refractivity contribution in [2.45, 2.75) is 57.2 Å². The van der Waals surface area contributed by atoms with Crippen molar-refractivity contribution in [3.63, 3.8) is 0 Å². The zero-order valence-electron chi connectivity index (χ0n) is 18.2. The third kappa shape index (κ3) is 5.52. The van der Waals surface area contributed by atoms with Crippen molar-refractivity contribution in [2.75, 3.05) is 18.1 Å². The SMILES string of the molecule is CSC(=Nc1cccc(NC(=O)NCC(C)OC23CC4CC(CC(C4)C2)C3)c1)NC#N. The van der Waals surface area contributed by atoms with Crippen LogP contribution in [0.4, 0.5) is 16.2 Å². The van der Waals surface area contributed by atoms with Crippen LogP contribution in [0.1, 0.15) is 45.4 Å². The van der Waals surface area contributed by atoms with Gasteiger partial charge in [0.1, 0.15) is 0 Å². The van der Waals surface area contributed by atoms with E-state index >= 15 is 0 Å². The molecular weight excluding hydrogens is 410 g/mol. The fourth-order valence-electron chi connectivity index (χ4n) is 6.00. The van der Waals surface area contributed by atoms with Crippen LogP contribution in [0.25, 0.3) is 0 Å². The Bertz CT molecular complexity index is 846. The van der Waals surface area contributed by atoms with Gasteiger partial charge in [-0.25, -0.2) is 9.79 Å². The number of nitrogens with one attached hydrogen (secondary N) is 3. The van der Waals surface area contributed by atoms with Crippen LogP contribution in [0.3, 0.4) is 0 Å². The molecule has 0 radical (unpaired) electrons. The molecule has 3 N–H and O–H groups in total. The third-order valence-corrected chi connectivity index (χ3v) is 7.25. The number of ether oxygens (including phenoxy) is 1. The number of hydrogen-bond acceptors (Lipinski definition) is 5. The lowest BCUT2D eigenvalue weighted by atomic mass is 9.54. The van der Waals surface area contributed by atoms with Crippen molar-refractivity contribution >= 4 is 34.3 Å². The summed E-state index contributed by atoms with van der Waals surface area (Å²) in [6, 6.07) is 6.95. The summed E-state index contributed by atoms with van der Waals surface area (Å²) in [7, 11) is 0. The maximum absolute atomic E-state index is 12.4. The van der Waals surface area contributed by atoms with Gasteiger partial charge >= 0.3 is 6.03 Å². The van der Waals surface area contributed by atoms with E-state index in [2.05, 4.69) is 27.9 Å². The van der Waals surface area contributed by atoms with Gasteiger partial charge in [0.05, 0.1) is 17.4 Å². The van der Waals surface area contributed by atoms with Gasteiger partial charge in [-0.1, -0.05) is 17.8 Å². The minimum atomic E-state index is -0.262. The molecule has 1 aromatic carbocycles. The van der Waals surface area contributed by atoms with Gasteiger partial charge in [-0.2, -0.15) is 5.26 Å². The van der Waals surface area contributed by atoms with Crippen LogP contribution < -0.4 is 16.0 Å². The fraction of sp³-hybridized carbons (Fsp3) is 0.609.